The van der Waals surface area contributed by atoms with Crippen LogP contribution < -0.4 is 0 Å². The van der Waals surface area contributed by atoms with Gasteiger partial charge in [0.1, 0.15) is 11.1 Å². The maximum Gasteiger partial charge on any atom is 0.121 e. The van der Waals surface area contributed by atoms with Crippen molar-refractivity contribution in [3.05, 3.63) is 50.9 Å². The third kappa shape index (κ3) is 2.65. The molecule has 2 aromatic rings. The highest BCUT2D eigenvalue weighted by molar-refractivity contribution is 9.10. The predicted octanol–water partition coefficient (Wildman–Crippen LogP) is 3.18. The van der Waals surface area contributed by atoms with E-state index in [4.69, 9.17) is 0 Å². The molecule has 78 valence electrons. The molecule has 1 aromatic heterocycles. The predicted molar refractivity (Wildman–Crippen MR) is 64.9 cm³/mol. The molecule has 0 aliphatic rings. The smallest absolute Gasteiger partial charge is 0.121 e. The molecule has 0 bridgehead atoms. The highest BCUT2D eigenvalue weighted by Gasteiger charge is 2.12. The van der Waals surface area contributed by atoms with Crippen molar-refractivity contribution < 1.29 is 5.11 Å². The van der Waals surface area contributed by atoms with Crippen molar-refractivity contribution in [3.63, 3.8) is 0 Å². The number of nitrogens with zero attached hydrogens (tertiary/aromatic N) is 1. The molecule has 2 rings (SSSR count). The van der Waals surface area contributed by atoms with Crippen LogP contribution in [0.1, 0.15) is 16.7 Å². The summed E-state index contributed by atoms with van der Waals surface area (Å²) in [6.07, 6.45) is 1.79. The molecule has 1 atom stereocenters. The van der Waals surface area contributed by atoms with Crippen LogP contribution in [0, 0.1) is 0 Å². The van der Waals surface area contributed by atoms with Crippen molar-refractivity contribution in [1.82, 2.24) is 4.98 Å². The first-order chi connectivity index (χ1) is 7.27. The molecular weight excluding hydrogens is 274 g/mol. The average molecular weight is 284 g/mol. The summed E-state index contributed by atoms with van der Waals surface area (Å²) in [7, 11) is 0. The van der Waals surface area contributed by atoms with Gasteiger partial charge in [-0.05, 0) is 11.6 Å². The molecule has 0 aliphatic heterocycles. The van der Waals surface area contributed by atoms with Gasteiger partial charge in [-0.1, -0.05) is 34.1 Å². The maximum atomic E-state index is 9.91. The summed E-state index contributed by atoms with van der Waals surface area (Å²) in [5.74, 6) is 0. The van der Waals surface area contributed by atoms with Crippen molar-refractivity contribution >= 4 is 27.3 Å². The minimum atomic E-state index is -0.510. The largest absolute Gasteiger partial charge is 0.386 e. The molecule has 0 saturated heterocycles. The summed E-state index contributed by atoms with van der Waals surface area (Å²) in [4.78, 5) is 4.10. The van der Waals surface area contributed by atoms with Crippen LogP contribution in [-0.2, 0) is 6.42 Å². The number of thiazole rings is 1. The van der Waals surface area contributed by atoms with Crippen LogP contribution in [0.5, 0.6) is 0 Å². The monoisotopic (exact) mass is 283 g/mol. The van der Waals surface area contributed by atoms with Crippen LogP contribution in [0.15, 0.2) is 40.3 Å². The first-order valence-corrected chi connectivity index (χ1v) is 6.25. The van der Waals surface area contributed by atoms with Crippen molar-refractivity contribution in [2.24, 2.45) is 0 Å². The molecule has 4 heteroatoms. The number of hydrogen-bond donors (Lipinski definition) is 1. The standard InChI is InChI=1S/C11H10BrNOS/c12-9-4-2-1-3-8(9)7-10(14)11-13-5-6-15-11/h1-6,10,14H,7H2. The summed E-state index contributed by atoms with van der Waals surface area (Å²) < 4.78 is 1.03. The van der Waals surface area contributed by atoms with Gasteiger partial charge in [-0.25, -0.2) is 4.98 Å². The highest BCUT2D eigenvalue weighted by atomic mass is 79.9. The first kappa shape index (κ1) is 10.8. The van der Waals surface area contributed by atoms with E-state index in [1.54, 1.807) is 6.20 Å². The number of hydrogen-bond acceptors (Lipinski definition) is 3. The fourth-order valence-corrected chi connectivity index (χ4v) is 2.43. The third-order valence-electron chi connectivity index (χ3n) is 2.11. The minimum absolute atomic E-state index is 0.510. The molecule has 2 nitrogen and oxygen atoms in total. The zero-order valence-corrected chi connectivity index (χ0v) is 10.3. The normalized spacial score (nSPS) is 12.7. The second-order valence-corrected chi connectivity index (χ2v) is 4.96. The number of rotatable bonds is 3. The topological polar surface area (TPSA) is 33.1 Å². The van der Waals surface area contributed by atoms with Gasteiger partial charge < -0.3 is 5.11 Å². The van der Waals surface area contributed by atoms with Crippen molar-refractivity contribution in [1.29, 1.82) is 0 Å². The number of benzene rings is 1. The second-order valence-electron chi connectivity index (χ2n) is 3.18. The van der Waals surface area contributed by atoms with Gasteiger partial charge in [-0.3, -0.25) is 0 Å². The van der Waals surface area contributed by atoms with Gasteiger partial charge >= 0.3 is 0 Å². The van der Waals surface area contributed by atoms with Gasteiger partial charge in [0.05, 0.1) is 0 Å². The van der Waals surface area contributed by atoms with Gasteiger partial charge in [0.25, 0.3) is 0 Å². The fraction of sp³-hybridized carbons (Fsp3) is 0.182. The fourth-order valence-electron chi connectivity index (χ4n) is 1.36. The van der Waals surface area contributed by atoms with E-state index in [9.17, 15) is 5.11 Å². The first-order valence-electron chi connectivity index (χ1n) is 4.58. The van der Waals surface area contributed by atoms with E-state index in [1.165, 1.54) is 11.3 Å². The number of aromatic nitrogens is 1. The van der Waals surface area contributed by atoms with Crippen molar-refractivity contribution in [2.45, 2.75) is 12.5 Å². The van der Waals surface area contributed by atoms with Crippen molar-refractivity contribution in [2.75, 3.05) is 0 Å². The SMILES string of the molecule is OC(Cc1ccccc1Br)c1nccs1. The van der Waals surface area contributed by atoms with Crippen LogP contribution in [0.4, 0.5) is 0 Å². The maximum absolute atomic E-state index is 9.91. The van der Waals surface area contributed by atoms with Gasteiger partial charge in [0, 0.05) is 22.5 Å². The summed E-state index contributed by atoms with van der Waals surface area (Å²) in [5, 5.41) is 12.6. The van der Waals surface area contributed by atoms with Crippen LogP contribution in [0.3, 0.4) is 0 Å². The summed E-state index contributed by atoms with van der Waals surface area (Å²) in [5.41, 5.74) is 1.10. The van der Waals surface area contributed by atoms with E-state index in [0.29, 0.717) is 6.42 Å². The Bertz CT molecular complexity index is 430. The number of halogens is 1. The lowest BCUT2D eigenvalue weighted by Gasteiger charge is -2.08. The van der Waals surface area contributed by atoms with Crippen LogP contribution >= 0.6 is 27.3 Å². The molecule has 0 amide bonds. The molecule has 1 N–H and O–H groups in total. The van der Waals surface area contributed by atoms with Gasteiger partial charge in [-0.2, -0.15) is 0 Å². The van der Waals surface area contributed by atoms with Crippen LogP contribution in [-0.4, -0.2) is 10.1 Å². The van der Waals surface area contributed by atoms with Gasteiger partial charge in [0.15, 0.2) is 0 Å². The van der Waals surface area contributed by atoms with E-state index >= 15 is 0 Å². The van der Waals surface area contributed by atoms with E-state index in [2.05, 4.69) is 20.9 Å². The zero-order valence-electron chi connectivity index (χ0n) is 7.93. The van der Waals surface area contributed by atoms with Crippen LogP contribution in [0.2, 0.25) is 0 Å². The Morgan fingerprint density at radius 3 is 2.87 bits per heavy atom. The minimum Gasteiger partial charge on any atom is -0.386 e. The summed E-state index contributed by atoms with van der Waals surface area (Å²) in [6.45, 7) is 0. The highest BCUT2D eigenvalue weighted by Crippen LogP contribution is 2.24. The zero-order chi connectivity index (χ0) is 10.7. The van der Waals surface area contributed by atoms with Gasteiger partial charge in [-0.15, -0.1) is 11.3 Å². The lowest BCUT2D eigenvalue weighted by Crippen LogP contribution is -2.01. The van der Waals surface area contributed by atoms with E-state index in [1.807, 2.05) is 29.6 Å². The molecule has 0 fully saturated rings. The Kier molecular flexibility index (Phi) is 3.51. The Labute approximate surface area is 101 Å². The van der Waals surface area contributed by atoms with E-state index in [-0.39, 0.29) is 0 Å². The summed E-state index contributed by atoms with van der Waals surface area (Å²) >= 11 is 4.94. The molecule has 0 saturated carbocycles. The van der Waals surface area contributed by atoms with E-state index in [0.717, 1.165) is 15.0 Å². The second kappa shape index (κ2) is 4.88. The Balaban J connectivity index is 2.13. The molecule has 15 heavy (non-hydrogen) atoms. The number of aliphatic hydroxyl groups is 1. The molecule has 0 radical (unpaired) electrons. The Morgan fingerprint density at radius 2 is 2.20 bits per heavy atom. The third-order valence-corrected chi connectivity index (χ3v) is 3.76. The van der Waals surface area contributed by atoms with E-state index < -0.39 is 6.10 Å². The van der Waals surface area contributed by atoms with Gasteiger partial charge in [0.2, 0.25) is 0 Å². The molecule has 0 aliphatic carbocycles. The van der Waals surface area contributed by atoms with Crippen molar-refractivity contribution in [3.8, 4) is 0 Å². The number of aliphatic hydroxyl groups excluding tert-OH is 1. The molecule has 1 aromatic carbocycles. The molecule has 0 spiro atoms. The summed E-state index contributed by atoms with van der Waals surface area (Å²) in [6, 6.07) is 7.91. The Hall–Kier alpha value is -0.710. The molecular formula is C11H10BrNOS. The molecule has 1 unspecified atom stereocenters. The Morgan fingerprint density at radius 1 is 1.40 bits per heavy atom. The average Bonchev–Trinajstić information content (AvgIpc) is 2.74. The lowest BCUT2D eigenvalue weighted by atomic mass is 10.1. The quantitative estimate of drug-likeness (QED) is 0.939. The lowest BCUT2D eigenvalue weighted by molar-refractivity contribution is 0.178. The van der Waals surface area contributed by atoms with Crippen LogP contribution in [0.25, 0.3) is 0 Å². The molecule has 1 heterocycles.